The summed E-state index contributed by atoms with van der Waals surface area (Å²) in [4.78, 5) is 36.4. The van der Waals surface area contributed by atoms with Crippen LogP contribution in [0.1, 0.15) is 30.4 Å². The van der Waals surface area contributed by atoms with Gasteiger partial charge in [0.15, 0.2) is 0 Å². The largest absolute Gasteiger partial charge is 0.479 e. The number of nitrogens with one attached hydrogen (secondary N) is 2. The predicted octanol–water partition coefficient (Wildman–Crippen LogP) is 4.17. The van der Waals surface area contributed by atoms with Crippen LogP contribution in [0.5, 0.6) is 0 Å². The number of hydrogen-bond donors (Lipinski definition) is 3. The lowest BCUT2D eigenvalue weighted by Gasteiger charge is -2.30. The Balaban J connectivity index is 1.70. The lowest BCUT2D eigenvalue weighted by molar-refractivity contribution is -0.207. The quantitative estimate of drug-likeness (QED) is 0.468. The van der Waals surface area contributed by atoms with Crippen molar-refractivity contribution in [3.63, 3.8) is 0 Å². The molecule has 1 aliphatic rings. The molecule has 0 fully saturated rings. The minimum absolute atomic E-state index is 0.0231. The Morgan fingerprint density at radius 1 is 1.06 bits per heavy atom. The van der Waals surface area contributed by atoms with Gasteiger partial charge in [-0.3, -0.25) is 4.79 Å². The third kappa shape index (κ3) is 5.55. The average Bonchev–Trinajstić information content (AvgIpc) is 3.13. The van der Waals surface area contributed by atoms with Crippen molar-refractivity contribution in [2.45, 2.75) is 37.0 Å². The smallest absolute Gasteiger partial charge is 0.422 e. The molecule has 35 heavy (non-hydrogen) atoms. The molecule has 3 N–H and O–H groups in total. The summed E-state index contributed by atoms with van der Waals surface area (Å²) in [5, 5.41) is 12.9. The molecule has 2 amide bonds. The SMILES string of the molecule is CSCCC(NC(=O)OCC1c2ccccc2-c2ccccc21)C(=O)NC(C)(C(=O)O)C(F)(F)F. The van der Waals surface area contributed by atoms with Crippen LogP contribution in [0.15, 0.2) is 48.5 Å². The van der Waals surface area contributed by atoms with Crippen molar-refractivity contribution in [2.24, 2.45) is 0 Å². The summed E-state index contributed by atoms with van der Waals surface area (Å²) in [5.41, 5.74) is 0.481. The standard InChI is InChI=1S/C24H25F3N2O5S/c1-23(21(31)32,24(25,26)27)29-20(30)19(11-12-35-2)28-22(33)34-13-18-16-9-5-3-7-14(16)15-8-4-6-10-17(15)18/h3-10,18-19H,11-13H2,1-2H3,(H,28,33)(H,29,30)(H,31,32). The van der Waals surface area contributed by atoms with Crippen LogP contribution in [-0.2, 0) is 14.3 Å². The first-order valence-electron chi connectivity index (χ1n) is 10.7. The number of carboxylic acid groups (broad SMARTS) is 1. The molecular formula is C24H25F3N2O5S. The number of rotatable bonds is 9. The fourth-order valence-electron chi connectivity index (χ4n) is 3.87. The topological polar surface area (TPSA) is 105 Å². The summed E-state index contributed by atoms with van der Waals surface area (Å²) in [5.74, 6) is -3.44. The zero-order valence-electron chi connectivity index (χ0n) is 19.0. The molecule has 0 saturated heterocycles. The highest BCUT2D eigenvalue weighted by atomic mass is 32.2. The maximum atomic E-state index is 13.3. The highest BCUT2D eigenvalue weighted by Crippen LogP contribution is 2.44. The first kappa shape index (κ1) is 26.4. The Kier molecular flexibility index (Phi) is 7.99. The number of hydrogen-bond acceptors (Lipinski definition) is 5. The van der Waals surface area contributed by atoms with E-state index in [1.807, 2.05) is 48.5 Å². The zero-order valence-corrected chi connectivity index (χ0v) is 19.8. The normalized spacial score (nSPS) is 15.3. The summed E-state index contributed by atoms with van der Waals surface area (Å²) in [6.45, 7) is 0.304. The van der Waals surface area contributed by atoms with E-state index in [-0.39, 0.29) is 18.9 Å². The summed E-state index contributed by atoms with van der Waals surface area (Å²) in [6, 6.07) is 14.0. The van der Waals surface area contributed by atoms with E-state index < -0.39 is 35.7 Å². The minimum Gasteiger partial charge on any atom is -0.479 e. The Hall–Kier alpha value is -3.21. The molecule has 0 spiro atoms. The van der Waals surface area contributed by atoms with Crippen molar-refractivity contribution in [3.8, 4) is 11.1 Å². The summed E-state index contributed by atoms with van der Waals surface area (Å²) in [7, 11) is 0. The van der Waals surface area contributed by atoms with Crippen molar-refractivity contribution in [1.29, 1.82) is 0 Å². The molecule has 1 aliphatic carbocycles. The fourth-order valence-corrected chi connectivity index (χ4v) is 4.34. The van der Waals surface area contributed by atoms with Gasteiger partial charge in [0.25, 0.3) is 0 Å². The number of carboxylic acids is 1. The van der Waals surface area contributed by atoms with Gasteiger partial charge in [0.05, 0.1) is 0 Å². The maximum absolute atomic E-state index is 13.3. The predicted molar refractivity (Wildman–Crippen MR) is 125 cm³/mol. The van der Waals surface area contributed by atoms with Gasteiger partial charge in [-0.25, -0.2) is 9.59 Å². The second-order valence-electron chi connectivity index (χ2n) is 8.22. The number of thioether (sulfide) groups is 1. The molecule has 7 nitrogen and oxygen atoms in total. The van der Waals surface area contributed by atoms with E-state index in [0.29, 0.717) is 12.7 Å². The molecule has 2 aromatic carbocycles. The van der Waals surface area contributed by atoms with Crippen LogP contribution in [0.3, 0.4) is 0 Å². The minimum atomic E-state index is -5.25. The molecule has 0 saturated carbocycles. The molecule has 3 rings (SSSR count). The van der Waals surface area contributed by atoms with Gasteiger partial charge >= 0.3 is 18.2 Å². The van der Waals surface area contributed by atoms with Crippen molar-refractivity contribution >= 4 is 29.7 Å². The number of aliphatic carboxylic acids is 1. The first-order chi connectivity index (χ1) is 16.5. The van der Waals surface area contributed by atoms with Gasteiger partial charge in [-0.05, 0) is 47.6 Å². The second kappa shape index (κ2) is 10.6. The van der Waals surface area contributed by atoms with Crippen LogP contribution in [0.25, 0.3) is 11.1 Å². The number of benzene rings is 2. The Morgan fingerprint density at radius 3 is 2.09 bits per heavy atom. The number of halogens is 3. The van der Waals surface area contributed by atoms with Gasteiger partial charge in [-0.2, -0.15) is 24.9 Å². The summed E-state index contributed by atoms with van der Waals surface area (Å²) >= 11 is 1.31. The zero-order chi connectivity index (χ0) is 25.8. The van der Waals surface area contributed by atoms with E-state index in [1.165, 1.54) is 17.1 Å². The molecule has 0 bridgehead atoms. The van der Waals surface area contributed by atoms with Crippen molar-refractivity contribution in [3.05, 3.63) is 59.7 Å². The molecule has 188 valence electrons. The number of alkyl halides is 3. The summed E-state index contributed by atoms with van der Waals surface area (Å²) in [6.07, 6.45) is -4.54. The van der Waals surface area contributed by atoms with Gasteiger partial charge in [0.2, 0.25) is 11.4 Å². The van der Waals surface area contributed by atoms with Crippen LogP contribution in [0, 0.1) is 0 Å². The molecule has 0 radical (unpaired) electrons. The lowest BCUT2D eigenvalue weighted by Crippen LogP contribution is -2.64. The van der Waals surface area contributed by atoms with Crippen LogP contribution < -0.4 is 10.6 Å². The third-order valence-electron chi connectivity index (χ3n) is 5.93. The Morgan fingerprint density at radius 2 is 1.60 bits per heavy atom. The maximum Gasteiger partial charge on any atom is 0.422 e. The fraction of sp³-hybridized carbons (Fsp3) is 0.375. The second-order valence-corrected chi connectivity index (χ2v) is 9.21. The van der Waals surface area contributed by atoms with Crippen molar-refractivity contribution in [2.75, 3.05) is 18.6 Å². The number of alkyl carbamates (subject to hydrolysis) is 1. The first-order valence-corrected chi connectivity index (χ1v) is 12.1. The van der Waals surface area contributed by atoms with E-state index >= 15 is 0 Å². The molecule has 0 aromatic heterocycles. The van der Waals surface area contributed by atoms with E-state index in [0.717, 1.165) is 22.3 Å². The van der Waals surface area contributed by atoms with Crippen LogP contribution >= 0.6 is 11.8 Å². The van der Waals surface area contributed by atoms with E-state index in [2.05, 4.69) is 5.32 Å². The number of carbonyl (C=O) groups is 3. The number of ether oxygens (including phenoxy) is 1. The molecule has 0 heterocycles. The van der Waals surface area contributed by atoms with Crippen LogP contribution in [0.4, 0.5) is 18.0 Å². The van der Waals surface area contributed by atoms with Crippen molar-refractivity contribution < 1.29 is 37.4 Å². The molecule has 2 aromatic rings. The molecular weight excluding hydrogens is 485 g/mol. The van der Waals surface area contributed by atoms with Crippen LogP contribution in [0.2, 0.25) is 0 Å². The molecule has 2 unspecified atom stereocenters. The third-order valence-corrected chi connectivity index (χ3v) is 6.57. The molecule has 0 aliphatic heterocycles. The monoisotopic (exact) mass is 510 g/mol. The average molecular weight is 511 g/mol. The lowest BCUT2D eigenvalue weighted by atomic mass is 9.98. The van der Waals surface area contributed by atoms with E-state index in [4.69, 9.17) is 9.84 Å². The number of fused-ring (bicyclic) bond motifs is 3. The van der Waals surface area contributed by atoms with E-state index in [1.54, 1.807) is 6.26 Å². The van der Waals surface area contributed by atoms with Crippen LogP contribution in [-0.4, -0.2) is 59.4 Å². The molecule has 2 atom stereocenters. The van der Waals surface area contributed by atoms with Gasteiger partial charge in [0, 0.05) is 5.92 Å². The van der Waals surface area contributed by atoms with Gasteiger partial charge in [-0.15, -0.1) is 0 Å². The Bertz CT molecular complexity index is 1070. The highest BCUT2D eigenvalue weighted by molar-refractivity contribution is 7.98. The summed E-state index contributed by atoms with van der Waals surface area (Å²) < 4.78 is 45.3. The number of carbonyl (C=O) groups excluding carboxylic acids is 2. The van der Waals surface area contributed by atoms with E-state index in [9.17, 15) is 27.6 Å². The van der Waals surface area contributed by atoms with Crippen molar-refractivity contribution in [1.82, 2.24) is 10.6 Å². The molecule has 11 heteroatoms. The van der Waals surface area contributed by atoms with Gasteiger partial charge < -0.3 is 20.5 Å². The Labute approximate surface area is 204 Å². The van der Waals surface area contributed by atoms with Gasteiger partial charge in [0.1, 0.15) is 12.6 Å². The number of amides is 2. The van der Waals surface area contributed by atoms with Gasteiger partial charge in [-0.1, -0.05) is 48.5 Å². The highest BCUT2D eigenvalue weighted by Gasteiger charge is 2.58.